The Labute approximate surface area is 222 Å². The third-order valence-corrected chi connectivity index (χ3v) is 8.62. The summed E-state index contributed by atoms with van der Waals surface area (Å²) in [6.07, 6.45) is 3.43. The summed E-state index contributed by atoms with van der Waals surface area (Å²) < 4.78 is 15.3. The number of nitrogens with zero attached hydrogens (tertiary/aromatic N) is 1. The minimum Gasteiger partial charge on any atom is -0.511 e. The molecule has 4 aliphatic rings. The average molecular weight is 544 g/mol. The third kappa shape index (κ3) is 4.09. The van der Waals surface area contributed by atoms with Crippen molar-refractivity contribution in [2.45, 2.75) is 56.6 Å². The molecule has 208 valence electrons. The molecule has 0 spiro atoms. The van der Waals surface area contributed by atoms with Gasteiger partial charge in [-0.05, 0) is 38.6 Å². The molecule has 5 rings (SSSR count). The first-order valence-electron chi connectivity index (χ1n) is 12.9. The number of rotatable bonds is 5. The van der Waals surface area contributed by atoms with Gasteiger partial charge in [0, 0.05) is 35.6 Å². The Hall–Kier alpha value is -3.77. The monoisotopic (exact) mass is 543 g/mol. The van der Waals surface area contributed by atoms with Crippen LogP contribution in [-0.2, 0) is 20.8 Å². The number of allylic oxidation sites excluding steroid dienone is 2. The van der Waals surface area contributed by atoms with E-state index < -0.39 is 80.6 Å². The number of amides is 2. The fourth-order valence-corrected chi connectivity index (χ4v) is 6.63. The zero-order chi connectivity index (χ0) is 28.4. The lowest BCUT2D eigenvalue weighted by atomic mass is 9.60. The molecule has 0 heterocycles. The van der Waals surface area contributed by atoms with Crippen LogP contribution >= 0.6 is 0 Å². The van der Waals surface area contributed by atoms with E-state index in [1.54, 1.807) is 7.05 Å². The highest BCUT2D eigenvalue weighted by Gasteiger charge is 2.59. The number of halogens is 1. The highest BCUT2D eigenvalue weighted by atomic mass is 19.1. The molecule has 12 heteroatoms. The Morgan fingerprint density at radius 2 is 1.85 bits per heavy atom. The molecule has 0 aliphatic heterocycles. The van der Waals surface area contributed by atoms with Crippen LogP contribution in [0.15, 0.2) is 28.7 Å². The summed E-state index contributed by atoms with van der Waals surface area (Å²) in [5, 5.41) is 46.0. The quantitative estimate of drug-likeness (QED) is 0.236. The van der Waals surface area contributed by atoms with E-state index in [0.717, 1.165) is 31.7 Å². The Kier molecular flexibility index (Phi) is 6.50. The minimum absolute atomic E-state index is 0.0101. The molecule has 1 unspecified atom stereocenters. The smallest absolute Gasteiger partial charge is 0.255 e. The van der Waals surface area contributed by atoms with Crippen molar-refractivity contribution in [2.24, 2.45) is 17.6 Å². The van der Waals surface area contributed by atoms with Gasteiger partial charge in [-0.25, -0.2) is 4.39 Å². The molecule has 1 saturated carbocycles. The van der Waals surface area contributed by atoms with Gasteiger partial charge in [0.2, 0.25) is 11.7 Å². The second-order valence-electron chi connectivity index (χ2n) is 10.9. The van der Waals surface area contributed by atoms with Crippen LogP contribution in [0.3, 0.4) is 0 Å². The molecule has 7 N–H and O–H groups in total. The third-order valence-electron chi connectivity index (χ3n) is 8.62. The van der Waals surface area contributed by atoms with Gasteiger partial charge in [0.1, 0.15) is 22.9 Å². The molecule has 0 radical (unpaired) electrons. The number of hydrogen-bond acceptors (Lipinski definition) is 9. The number of likely N-dealkylation sites (N-methyl/N-ethyl adjacent to an activating group) is 1. The van der Waals surface area contributed by atoms with Crippen LogP contribution in [0.4, 0.5) is 10.1 Å². The topological polar surface area (TPSA) is 190 Å². The van der Waals surface area contributed by atoms with E-state index in [-0.39, 0.29) is 43.1 Å². The molecule has 11 nitrogen and oxygen atoms in total. The Balaban J connectivity index is 1.50. The van der Waals surface area contributed by atoms with Crippen LogP contribution in [0.1, 0.15) is 54.4 Å². The SMILES string of the molecule is CN(CC(=O)Nc1cc(F)c2c(c1O)C(=O)C1=C(O)[C@]3(O)C(=O)C(C(N)=O)=C(O)C[C@@H]3CC1C2)C1CCCC1. The van der Waals surface area contributed by atoms with Gasteiger partial charge in [-0.1, -0.05) is 12.8 Å². The zero-order valence-corrected chi connectivity index (χ0v) is 21.3. The fraction of sp³-hybridized carbons (Fsp3) is 0.481. The van der Waals surface area contributed by atoms with Crippen molar-refractivity contribution >= 4 is 29.1 Å². The Morgan fingerprint density at radius 3 is 2.49 bits per heavy atom. The normalized spacial score (nSPS) is 27.0. The van der Waals surface area contributed by atoms with E-state index >= 15 is 4.39 Å². The Morgan fingerprint density at radius 1 is 1.18 bits per heavy atom. The molecular formula is C27H30FN3O8. The first-order chi connectivity index (χ1) is 18.4. The highest BCUT2D eigenvalue weighted by molar-refractivity contribution is 6.24. The maximum atomic E-state index is 15.3. The second kappa shape index (κ2) is 9.45. The number of anilines is 1. The van der Waals surface area contributed by atoms with Crippen molar-refractivity contribution in [2.75, 3.05) is 18.9 Å². The molecular weight excluding hydrogens is 513 g/mol. The van der Waals surface area contributed by atoms with Gasteiger partial charge in [-0.3, -0.25) is 24.1 Å². The largest absolute Gasteiger partial charge is 0.511 e. The maximum Gasteiger partial charge on any atom is 0.255 e. The van der Waals surface area contributed by atoms with E-state index in [2.05, 4.69) is 5.32 Å². The number of benzene rings is 1. The van der Waals surface area contributed by atoms with E-state index in [0.29, 0.717) is 0 Å². The summed E-state index contributed by atoms with van der Waals surface area (Å²) in [6.45, 7) is -0.0101. The van der Waals surface area contributed by atoms with E-state index in [1.165, 1.54) is 0 Å². The van der Waals surface area contributed by atoms with Crippen LogP contribution < -0.4 is 11.1 Å². The predicted molar refractivity (Wildman–Crippen MR) is 134 cm³/mol. The molecule has 4 aliphatic carbocycles. The second-order valence-corrected chi connectivity index (χ2v) is 10.9. The number of nitrogens with two attached hydrogens (primary N) is 1. The summed E-state index contributed by atoms with van der Waals surface area (Å²) in [7, 11) is 1.80. The van der Waals surface area contributed by atoms with Crippen LogP contribution in [0, 0.1) is 17.7 Å². The number of primary amides is 1. The van der Waals surface area contributed by atoms with Gasteiger partial charge < -0.3 is 31.5 Å². The number of aromatic hydroxyl groups is 1. The van der Waals surface area contributed by atoms with Gasteiger partial charge in [0.25, 0.3) is 5.91 Å². The molecule has 1 fully saturated rings. The number of nitrogens with one attached hydrogen (secondary N) is 1. The van der Waals surface area contributed by atoms with Crippen LogP contribution in [0.2, 0.25) is 0 Å². The van der Waals surface area contributed by atoms with Crippen LogP contribution in [0.5, 0.6) is 5.75 Å². The van der Waals surface area contributed by atoms with Crippen molar-refractivity contribution in [3.63, 3.8) is 0 Å². The number of ketones is 2. The number of phenolic OH excluding ortho intramolecular Hbond substituents is 1. The molecule has 1 aromatic rings. The lowest BCUT2D eigenvalue weighted by molar-refractivity contribution is -0.144. The molecule has 0 saturated heterocycles. The van der Waals surface area contributed by atoms with Crippen LogP contribution in [0.25, 0.3) is 0 Å². The molecule has 3 atom stereocenters. The number of fused-ring (bicyclic) bond motifs is 3. The van der Waals surface area contributed by atoms with Crippen molar-refractivity contribution < 1.29 is 44.0 Å². The number of hydrogen-bond donors (Lipinski definition) is 6. The zero-order valence-electron chi connectivity index (χ0n) is 21.3. The highest BCUT2D eigenvalue weighted by Crippen LogP contribution is 2.52. The average Bonchev–Trinajstić information content (AvgIpc) is 3.39. The lowest BCUT2D eigenvalue weighted by Gasteiger charge is -2.45. The van der Waals surface area contributed by atoms with Gasteiger partial charge in [0.15, 0.2) is 17.1 Å². The number of aliphatic hydroxyl groups is 3. The molecule has 1 aromatic carbocycles. The Bertz CT molecular complexity index is 1380. The molecule has 39 heavy (non-hydrogen) atoms. The van der Waals surface area contributed by atoms with Crippen molar-refractivity contribution in [1.82, 2.24) is 4.90 Å². The fourth-order valence-electron chi connectivity index (χ4n) is 6.63. The number of carbonyl (C=O) groups is 4. The number of carbonyl (C=O) groups excluding carboxylic acids is 4. The lowest BCUT2D eigenvalue weighted by Crippen LogP contribution is -2.57. The summed E-state index contributed by atoms with van der Waals surface area (Å²) in [6, 6.07) is 1.17. The molecule has 0 aromatic heterocycles. The van der Waals surface area contributed by atoms with Gasteiger partial charge in [0.05, 0.1) is 17.8 Å². The van der Waals surface area contributed by atoms with Gasteiger partial charge in [-0.2, -0.15) is 0 Å². The van der Waals surface area contributed by atoms with E-state index in [1.807, 2.05) is 4.90 Å². The van der Waals surface area contributed by atoms with Crippen molar-refractivity contribution in [1.29, 1.82) is 0 Å². The number of aliphatic hydroxyl groups excluding tert-OH is 2. The summed E-state index contributed by atoms with van der Waals surface area (Å²) in [5.41, 5.74) is 0.252. The molecule has 0 bridgehead atoms. The van der Waals surface area contributed by atoms with Crippen molar-refractivity contribution in [3.8, 4) is 5.75 Å². The number of phenols is 1. The first kappa shape index (κ1) is 26.8. The van der Waals surface area contributed by atoms with E-state index in [9.17, 15) is 39.6 Å². The first-order valence-corrected chi connectivity index (χ1v) is 12.9. The minimum atomic E-state index is -2.71. The van der Waals surface area contributed by atoms with E-state index in [4.69, 9.17) is 5.73 Å². The number of Topliss-reactive ketones (excluding diaryl/α,β-unsaturated/α-hetero) is 2. The maximum absolute atomic E-state index is 15.3. The predicted octanol–water partition coefficient (Wildman–Crippen LogP) is 1.53. The van der Waals surface area contributed by atoms with Gasteiger partial charge >= 0.3 is 0 Å². The summed E-state index contributed by atoms with van der Waals surface area (Å²) in [5.74, 6) is -9.35. The molecule has 2 amide bonds. The standard InChI is InChI=1S/C27H30FN3O8/c1-31(13-4-2-3-5-13)10-18(33)30-16-9-15(28)14-7-11-6-12-8-17(32)21(26(29)38)25(37)27(12,39)24(36)19(11)23(35)20(14)22(16)34/h9,11-13,32,34,36,39H,2-8,10H2,1H3,(H2,29,38)(H,30,33)/t11?,12-,27-/m0/s1. The summed E-state index contributed by atoms with van der Waals surface area (Å²) >= 11 is 0. The summed E-state index contributed by atoms with van der Waals surface area (Å²) in [4.78, 5) is 52.9. The van der Waals surface area contributed by atoms with Crippen LogP contribution in [-0.4, -0.2) is 73.9 Å². The van der Waals surface area contributed by atoms with Gasteiger partial charge in [-0.15, -0.1) is 0 Å². The van der Waals surface area contributed by atoms with Crippen molar-refractivity contribution in [3.05, 3.63) is 45.7 Å².